The number of carboxylic acids is 2. The van der Waals surface area contributed by atoms with Crippen molar-refractivity contribution in [2.75, 3.05) is 0 Å². The minimum absolute atomic E-state index is 0.0833. The van der Waals surface area contributed by atoms with Crippen molar-refractivity contribution in [3.63, 3.8) is 0 Å². The van der Waals surface area contributed by atoms with E-state index in [9.17, 15) is 19.2 Å². The summed E-state index contributed by atoms with van der Waals surface area (Å²) in [5.74, 6) is -2.59. The molecule has 0 aromatic heterocycles. The predicted molar refractivity (Wildman–Crippen MR) is 136 cm³/mol. The highest BCUT2D eigenvalue weighted by atomic mass is 16.5. The van der Waals surface area contributed by atoms with Crippen molar-refractivity contribution < 1.29 is 38.9 Å². The number of rotatable bonds is 6. The Morgan fingerprint density at radius 1 is 0.639 bits per heavy atom. The van der Waals surface area contributed by atoms with Crippen LogP contribution in [0.4, 0.5) is 0 Å². The highest BCUT2D eigenvalue weighted by Crippen LogP contribution is 2.21. The van der Waals surface area contributed by atoms with Gasteiger partial charge < -0.3 is 19.7 Å². The summed E-state index contributed by atoms with van der Waals surface area (Å²) in [5.41, 5.74) is 1.17. The van der Waals surface area contributed by atoms with Crippen LogP contribution in [-0.2, 0) is 19.1 Å². The van der Waals surface area contributed by atoms with Crippen molar-refractivity contribution in [3.8, 4) is 0 Å². The Kier molecular flexibility index (Phi) is 13.8. The standard InChI is InChI=1S/2C10H16O2.C8H6O4/c2*1-8(2)10(11)12-9-6-4-3-5-7-9;9-7(10)5-1-2-6(4-3-5)8(11)12/h2*9H,1,3-7H2,2H3;1-4H,(H,9,10)(H,11,12). The van der Waals surface area contributed by atoms with Crippen LogP contribution in [0.3, 0.4) is 0 Å². The zero-order valence-corrected chi connectivity index (χ0v) is 21.3. The third kappa shape index (κ3) is 12.3. The summed E-state index contributed by atoms with van der Waals surface area (Å²) in [4.78, 5) is 42.8. The third-order valence-corrected chi connectivity index (χ3v) is 5.73. The number of ether oxygens (including phenoxy) is 2. The molecule has 0 saturated heterocycles. The monoisotopic (exact) mass is 502 g/mol. The summed E-state index contributed by atoms with van der Waals surface area (Å²) < 4.78 is 10.4. The van der Waals surface area contributed by atoms with Gasteiger partial charge in [-0.05, 0) is 89.5 Å². The number of carbonyl (C=O) groups excluding carboxylic acids is 2. The topological polar surface area (TPSA) is 127 Å². The Hall–Kier alpha value is -3.42. The van der Waals surface area contributed by atoms with E-state index in [0.29, 0.717) is 11.1 Å². The van der Waals surface area contributed by atoms with Crippen LogP contribution >= 0.6 is 0 Å². The average Bonchev–Trinajstić information content (AvgIpc) is 2.86. The van der Waals surface area contributed by atoms with Crippen LogP contribution in [0.25, 0.3) is 0 Å². The molecule has 2 N–H and O–H groups in total. The lowest BCUT2D eigenvalue weighted by Crippen LogP contribution is -2.20. The largest absolute Gasteiger partial charge is 0.478 e. The molecule has 8 nitrogen and oxygen atoms in total. The molecular formula is C28H38O8. The van der Waals surface area contributed by atoms with Gasteiger partial charge in [0.1, 0.15) is 12.2 Å². The number of carbonyl (C=O) groups is 4. The van der Waals surface area contributed by atoms with Gasteiger partial charge >= 0.3 is 23.9 Å². The van der Waals surface area contributed by atoms with Crippen molar-refractivity contribution >= 4 is 23.9 Å². The number of aromatic carboxylic acids is 2. The van der Waals surface area contributed by atoms with E-state index in [2.05, 4.69) is 13.2 Å². The molecule has 0 heterocycles. The van der Waals surface area contributed by atoms with Crippen LogP contribution < -0.4 is 0 Å². The molecule has 3 rings (SSSR count). The van der Waals surface area contributed by atoms with E-state index in [1.165, 1.54) is 62.8 Å². The van der Waals surface area contributed by atoms with E-state index in [1.807, 2.05) is 0 Å². The minimum Gasteiger partial charge on any atom is -0.478 e. The molecular weight excluding hydrogens is 464 g/mol. The van der Waals surface area contributed by atoms with Gasteiger partial charge in [-0.2, -0.15) is 0 Å². The van der Waals surface area contributed by atoms with Gasteiger partial charge in [0.2, 0.25) is 0 Å². The summed E-state index contributed by atoms with van der Waals surface area (Å²) in [6, 6.07) is 5.02. The van der Waals surface area contributed by atoms with Crippen LogP contribution in [-0.4, -0.2) is 46.3 Å². The number of esters is 2. The predicted octanol–water partition coefficient (Wildman–Crippen LogP) is 5.96. The van der Waals surface area contributed by atoms with Crippen molar-refractivity contribution in [1.82, 2.24) is 0 Å². The molecule has 1 aromatic rings. The first-order valence-electron chi connectivity index (χ1n) is 12.3. The van der Waals surface area contributed by atoms with E-state index in [1.54, 1.807) is 13.8 Å². The second kappa shape index (κ2) is 16.3. The lowest BCUT2D eigenvalue weighted by molar-refractivity contribution is -0.146. The molecule has 0 atom stereocenters. The number of hydrogen-bond donors (Lipinski definition) is 2. The highest BCUT2D eigenvalue weighted by Gasteiger charge is 2.18. The van der Waals surface area contributed by atoms with E-state index in [-0.39, 0.29) is 35.3 Å². The molecule has 36 heavy (non-hydrogen) atoms. The molecule has 0 radical (unpaired) electrons. The van der Waals surface area contributed by atoms with E-state index < -0.39 is 11.9 Å². The fraction of sp³-hybridized carbons (Fsp3) is 0.500. The molecule has 0 bridgehead atoms. The van der Waals surface area contributed by atoms with Gasteiger partial charge in [0.25, 0.3) is 0 Å². The Morgan fingerprint density at radius 3 is 1.14 bits per heavy atom. The van der Waals surface area contributed by atoms with Gasteiger partial charge in [0.05, 0.1) is 11.1 Å². The molecule has 0 aliphatic heterocycles. The van der Waals surface area contributed by atoms with Crippen molar-refractivity contribution in [3.05, 3.63) is 59.7 Å². The maximum absolute atomic E-state index is 11.1. The van der Waals surface area contributed by atoms with Crippen molar-refractivity contribution in [1.29, 1.82) is 0 Å². The lowest BCUT2D eigenvalue weighted by atomic mass is 9.98. The Morgan fingerprint density at radius 2 is 0.917 bits per heavy atom. The van der Waals surface area contributed by atoms with Crippen LogP contribution in [0.1, 0.15) is 98.8 Å². The highest BCUT2D eigenvalue weighted by molar-refractivity contribution is 5.91. The minimum atomic E-state index is -1.06. The van der Waals surface area contributed by atoms with Gasteiger partial charge in [0.15, 0.2) is 0 Å². The molecule has 1 aromatic carbocycles. The van der Waals surface area contributed by atoms with Crippen LogP contribution in [0.15, 0.2) is 48.6 Å². The maximum atomic E-state index is 11.1. The maximum Gasteiger partial charge on any atom is 0.335 e. The third-order valence-electron chi connectivity index (χ3n) is 5.73. The van der Waals surface area contributed by atoms with E-state index in [0.717, 1.165) is 25.7 Å². The van der Waals surface area contributed by atoms with Crippen LogP contribution in [0, 0.1) is 0 Å². The molecule has 198 valence electrons. The Bertz CT molecular complexity index is 829. The first-order chi connectivity index (χ1) is 17.0. The zero-order chi connectivity index (χ0) is 27.1. The average molecular weight is 503 g/mol. The fourth-order valence-electron chi connectivity index (χ4n) is 3.63. The van der Waals surface area contributed by atoms with Gasteiger partial charge in [0, 0.05) is 11.1 Å². The first kappa shape index (κ1) is 30.6. The molecule has 0 amide bonds. The second-order valence-corrected chi connectivity index (χ2v) is 9.08. The quantitative estimate of drug-likeness (QED) is 0.360. The summed E-state index contributed by atoms with van der Waals surface area (Å²) in [7, 11) is 0. The Balaban J connectivity index is 0.000000270. The molecule has 2 aliphatic carbocycles. The van der Waals surface area contributed by atoms with Gasteiger partial charge in [-0.25, -0.2) is 19.2 Å². The summed E-state index contributed by atoms with van der Waals surface area (Å²) in [6.45, 7) is 10.5. The van der Waals surface area contributed by atoms with Crippen molar-refractivity contribution in [2.24, 2.45) is 0 Å². The first-order valence-corrected chi connectivity index (χ1v) is 12.3. The number of benzene rings is 1. The van der Waals surface area contributed by atoms with Gasteiger partial charge in [-0.1, -0.05) is 26.0 Å². The lowest BCUT2D eigenvalue weighted by Gasteiger charge is -2.21. The second-order valence-electron chi connectivity index (χ2n) is 9.08. The van der Waals surface area contributed by atoms with Crippen molar-refractivity contribution in [2.45, 2.75) is 90.3 Å². The molecule has 0 spiro atoms. The zero-order valence-electron chi connectivity index (χ0n) is 21.3. The number of carboxylic acid groups (broad SMARTS) is 2. The number of hydrogen-bond acceptors (Lipinski definition) is 6. The molecule has 2 saturated carbocycles. The van der Waals surface area contributed by atoms with Gasteiger partial charge in [-0.3, -0.25) is 0 Å². The smallest absolute Gasteiger partial charge is 0.335 e. The van der Waals surface area contributed by atoms with E-state index >= 15 is 0 Å². The Labute approximate surface area is 213 Å². The van der Waals surface area contributed by atoms with Crippen LogP contribution in [0.2, 0.25) is 0 Å². The summed E-state index contributed by atoms with van der Waals surface area (Å²) >= 11 is 0. The SMILES string of the molecule is C=C(C)C(=O)OC1CCCCC1.C=C(C)C(=O)OC1CCCCC1.O=C(O)c1ccc(C(=O)O)cc1. The molecule has 2 aliphatic rings. The molecule has 0 unspecified atom stereocenters. The summed E-state index contributed by atoms with van der Waals surface area (Å²) in [5, 5.41) is 16.9. The van der Waals surface area contributed by atoms with Crippen LogP contribution in [0.5, 0.6) is 0 Å². The molecule has 8 heteroatoms. The van der Waals surface area contributed by atoms with E-state index in [4.69, 9.17) is 19.7 Å². The normalized spacial score (nSPS) is 15.6. The fourth-order valence-corrected chi connectivity index (χ4v) is 3.63. The van der Waals surface area contributed by atoms with Gasteiger partial charge in [-0.15, -0.1) is 0 Å². The molecule has 2 fully saturated rings. The summed E-state index contributed by atoms with van der Waals surface area (Å²) in [6.07, 6.45) is 11.7.